The summed E-state index contributed by atoms with van der Waals surface area (Å²) in [5.74, 6) is -1.69. The topological polar surface area (TPSA) is 58.6 Å². The second kappa shape index (κ2) is 7.09. The first-order chi connectivity index (χ1) is 8.95. The van der Waals surface area contributed by atoms with Crippen molar-refractivity contribution < 1.29 is 19.0 Å². The van der Waals surface area contributed by atoms with E-state index in [4.69, 9.17) is 9.84 Å². The van der Waals surface area contributed by atoms with Crippen LogP contribution in [0.1, 0.15) is 31.1 Å². The number of aromatic carboxylic acids is 1. The van der Waals surface area contributed by atoms with Gasteiger partial charge in [0, 0.05) is 12.3 Å². The molecule has 1 aromatic rings. The van der Waals surface area contributed by atoms with Crippen LogP contribution < -0.4 is 5.32 Å². The Morgan fingerprint density at radius 2 is 2.16 bits per heavy atom. The highest BCUT2D eigenvalue weighted by Crippen LogP contribution is 2.17. The third-order valence-corrected chi connectivity index (χ3v) is 2.86. The largest absolute Gasteiger partial charge is 0.478 e. The Bertz CT molecular complexity index is 435. The maximum absolute atomic E-state index is 13.6. The molecule has 106 valence electrons. The summed E-state index contributed by atoms with van der Waals surface area (Å²) in [7, 11) is 0. The Morgan fingerprint density at radius 3 is 2.63 bits per heavy atom. The first kappa shape index (κ1) is 15.4. The molecule has 0 heterocycles. The molecule has 4 nitrogen and oxygen atoms in total. The van der Waals surface area contributed by atoms with Crippen LogP contribution >= 0.6 is 0 Å². The van der Waals surface area contributed by atoms with E-state index >= 15 is 0 Å². The Labute approximate surface area is 112 Å². The van der Waals surface area contributed by atoms with Gasteiger partial charge in [-0.3, -0.25) is 0 Å². The smallest absolute Gasteiger partial charge is 0.338 e. The lowest BCUT2D eigenvalue weighted by Crippen LogP contribution is -2.31. The van der Waals surface area contributed by atoms with Gasteiger partial charge in [-0.2, -0.15) is 0 Å². The number of carboxylic acids is 1. The van der Waals surface area contributed by atoms with E-state index in [1.54, 1.807) is 6.07 Å². The average Bonchev–Trinajstić information content (AvgIpc) is 2.33. The molecule has 0 radical (unpaired) electrons. The number of halogens is 1. The van der Waals surface area contributed by atoms with Crippen LogP contribution in [0.2, 0.25) is 0 Å². The normalized spacial score (nSPS) is 12.5. The van der Waals surface area contributed by atoms with E-state index in [0.29, 0.717) is 24.8 Å². The molecular weight excluding hydrogens is 249 g/mol. The lowest BCUT2D eigenvalue weighted by Gasteiger charge is -2.23. The van der Waals surface area contributed by atoms with Crippen LogP contribution in [-0.4, -0.2) is 30.3 Å². The summed E-state index contributed by atoms with van der Waals surface area (Å²) in [5, 5.41) is 11.9. The molecule has 1 rings (SSSR count). The highest BCUT2D eigenvalue weighted by Gasteiger charge is 2.15. The quantitative estimate of drug-likeness (QED) is 0.799. The van der Waals surface area contributed by atoms with Crippen LogP contribution in [0.5, 0.6) is 0 Å². The molecule has 0 saturated heterocycles. The second-order valence-corrected chi connectivity index (χ2v) is 4.65. The number of carbonyl (C=O) groups is 1. The number of ether oxygens (including phenoxy) is 1. The molecule has 2 N–H and O–H groups in total. The third kappa shape index (κ3) is 4.52. The predicted octanol–water partition coefficient (Wildman–Crippen LogP) is 3.00. The first-order valence-corrected chi connectivity index (χ1v) is 6.32. The summed E-state index contributed by atoms with van der Waals surface area (Å²) in [6.07, 6.45) is 0. The van der Waals surface area contributed by atoms with E-state index in [-0.39, 0.29) is 11.6 Å². The van der Waals surface area contributed by atoms with Crippen molar-refractivity contribution in [2.75, 3.05) is 18.5 Å². The zero-order valence-electron chi connectivity index (χ0n) is 11.4. The number of benzene rings is 1. The lowest BCUT2D eigenvalue weighted by molar-refractivity contribution is 0.0692. The van der Waals surface area contributed by atoms with Gasteiger partial charge < -0.3 is 15.2 Å². The van der Waals surface area contributed by atoms with E-state index < -0.39 is 11.8 Å². The Morgan fingerprint density at radius 1 is 1.47 bits per heavy atom. The molecular formula is C14H20FNO3. The minimum Gasteiger partial charge on any atom is -0.478 e. The highest BCUT2D eigenvalue weighted by molar-refractivity contribution is 5.88. The molecule has 0 aromatic heterocycles. The van der Waals surface area contributed by atoms with Crippen molar-refractivity contribution >= 4 is 11.7 Å². The summed E-state index contributed by atoms with van der Waals surface area (Å²) in [6, 6.07) is 4.08. The fourth-order valence-electron chi connectivity index (χ4n) is 1.64. The van der Waals surface area contributed by atoms with E-state index in [1.165, 1.54) is 12.1 Å². The maximum atomic E-state index is 13.6. The molecule has 1 atom stereocenters. The number of carboxylic acid groups (broad SMARTS) is 1. The second-order valence-electron chi connectivity index (χ2n) is 4.65. The maximum Gasteiger partial charge on any atom is 0.338 e. The Balaban J connectivity index is 2.79. The fraction of sp³-hybridized carbons (Fsp3) is 0.500. The van der Waals surface area contributed by atoms with Crippen molar-refractivity contribution in [1.82, 2.24) is 0 Å². The van der Waals surface area contributed by atoms with Crippen molar-refractivity contribution in [3.63, 3.8) is 0 Å². The van der Waals surface area contributed by atoms with E-state index in [1.807, 2.05) is 20.8 Å². The van der Waals surface area contributed by atoms with E-state index in [9.17, 15) is 9.18 Å². The lowest BCUT2D eigenvalue weighted by atomic mass is 10.0. The van der Waals surface area contributed by atoms with Crippen LogP contribution in [0.25, 0.3) is 0 Å². The fourth-order valence-corrected chi connectivity index (χ4v) is 1.64. The number of anilines is 1. The summed E-state index contributed by atoms with van der Waals surface area (Å²) < 4.78 is 18.9. The molecule has 5 heteroatoms. The van der Waals surface area contributed by atoms with Crippen LogP contribution in [0.4, 0.5) is 10.1 Å². The van der Waals surface area contributed by atoms with Gasteiger partial charge in [-0.05, 0) is 31.0 Å². The van der Waals surface area contributed by atoms with Gasteiger partial charge in [-0.25, -0.2) is 9.18 Å². The molecule has 1 unspecified atom stereocenters. The highest BCUT2D eigenvalue weighted by atomic mass is 19.1. The van der Waals surface area contributed by atoms with Crippen LogP contribution in [0.15, 0.2) is 18.2 Å². The van der Waals surface area contributed by atoms with Gasteiger partial charge in [0.15, 0.2) is 0 Å². The molecule has 0 saturated carbocycles. The van der Waals surface area contributed by atoms with Gasteiger partial charge in [0.05, 0.1) is 18.2 Å². The van der Waals surface area contributed by atoms with Crippen molar-refractivity contribution in [3.8, 4) is 0 Å². The summed E-state index contributed by atoms with van der Waals surface area (Å²) in [5.41, 5.74) is 0.234. The minimum absolute atomic E-state index is 0.0510. The molecule has 0 bridgehead atoms. The van der Waals surface area contributed by atoms with Gasteiger partial charge in [0.1, 0.15) is 5.82 Å². The summed E-state index contributed by atoms with van der Waals surface area (Å²) in [6.45, 7) is 7.14. The Kier molecular flexibility index (Phi) is 5.76. The summed E-state index contributed by atoms with van der Waals surface area (Å²) >= 11 is 0. The molecule has 1 aromatic carbocycles. The van der Waals surface area contributed by atoms with Crippen molar-refractivity contribution in [2.24, 2.45) is 5.92 Å². The Hall–Kier alpha value is -1.62. The predicted molar refractivity (Wildman–Crippen MR) is 72.1 cm³/mol. The van der Waals surface area contributed by atoms with Crippen LogP contribution in [0, 0.1) is 11.7 Å². The van der Waals surface area contributed by atoms with E-state index in [2.05, 4.69) is 5.32 Å². The average molecular weight is 269 g/mol. The van der Waals surface area contributed by atoms with Gasteiger partial charge >= 0.3 is 5.97 Å². The van der Waals surface area contributed by atoms with Crippen molar-refractivity contribution in [2.45, 2.75) is 26.8 Å². The van der Waals surface area contributed by atoms with Gasteiger partial charge in [0.2, 0.25) is 0 Å². The van der Waals surface area contributed by atoms with Crippen molar-refractivity contribution in [1.29, 1.82) is 0 Å². The molecule has 0 aliphatic carbocycles. The molecule has 0 fully saturated rings. The van der Waals surface area contributed by atoms with Gasteiger partial charge in [-0.1, -0.05) is 13.8 Å². The molecule has 0 amide bonds. The van der Waals surface area contributed by atoms with E-state index in [0.717, 1.165) is 0 Å². The third-order valence-electron chi connectivity index (χ3n) is 2.86. The monoisotopic (exact) mass is 269 g/mol. The SMILES string of the molecule is CCOCC(Nc1ccc(C(=O)O)c(F)c1)C(C)C. The number of nitrogens with one attached hydrogen (secondary N) is 1. The first-order valence-electron chi connectivity index (χ1n) is 6.32. The zero-order valence-corrected chi connectivity index (χ0v) is 11.4. The van der Waals surface area contributed by atoms with Gasteiger partial charge in [-0.15, -0.1) is 0 Å². The molecule has 0 aliphatic heterocycles. The van der Waals surface area contributed by atoms with Crippen LogP contribution in [0.3, 0.4) is 0 Å². The number of rotatable bonds is 7. The number of hydrogen-bond acceptors (Lipinski definition) is 3. The zero-order chi connectivity index (χ0) is 14.4. The van der Waals surface area contributed by atoms with Gasteiger partial charge in [0.25, 0.3) is 0 Å². The van der Waals surface area contributed by atoms with Crippen molar-refractivity contribution in [3.05, 3.63) is 29.6 Å². The molecule has 0 spiro atoms. The minimum atomic E-state index is -1.27. The standard InChI is InChI=1S/C14H20FNO3/c1-4-19-8-13(9(2)3)16-10-5-6-11(14(17)18)12(15)7-10/h5-7,9,13,16H,4,8H2,1-3H3,(H,17,18). The molecule has 19 heavy (non-hydrogen) atoms. The summed E-state index contributed by atoms with van der Waals surface area (Å²) in [4.78, 5) is 10.7. The number of hydrogen-bond donors (Lipinski definition) is 2. The van der Waals surface area contributed by atoms with Crippen LogP contribution in [-0.2, 0) is 4.74 Å². The molecule has 0 aliphatic rings.